The van der Waals surface area contributed by atoms with Crippen LogP contribution >= 0.6 is 11.6 Å². The van der Waals surface area contributed by atoms with Gasteiger partial charge in [0.2, 0.25) is 21.8 Å². The lowest BCUT2D eigenvalue weighted by Crippen LogP contribution is -2.36. The summed E-state index contributed by atoms with van der Waals surface area (Å²) in [6.07, 6.45) is 1.69. The first-order chi connectivity index (χ1) is 15.8. The van der Waals surface area contributed by atoms with E-state index < -0.39 is 10.0 Å². The van der Waals surface area contributed by atoms with Crippen LogP contribution in [0.25, 0.3) is 11.5 Å². The van der Waals surface area contributed by atoms with E-state index in [0.717, 1.165) is 12.8 Å². The Morgan fingerprint density at radius 2 is 1.85 bits per heavy atom. The van der Waals surface area contributed by atoms with Gasteiger partial charge in [-0.25, -0.2) is 8.42 Å². The molecule has 0 spiro atoms. The van der Waals surface area contributed by atoms with Crippen LogP contribution in [-0.2, 0) is 16.6 Å². The van der Waals surface area contributed by atoms with E-state index >= 15 is 0 Å². The molecule has 33 heavy (non-hydrogen) atoms. The van der Waals surface area contributed by atoms with Crippen LogP contribution in [0.5, 0.6) is 0 Å². The molecule has 10 heteroatoms. The van der Waals surface area contributed by atoms with Crippen LogP contribution in [0.1, 0.15) is 42.9 Å². The fraction of sp³-hybridized carbons (Fsp3) is 0.348. The molecule has 2 heterocycles. The summed E-state index contributed by atoms with van der Waals surface area (Å²) in [5.74, 6) is 0.208. The van der Waals surface area contributed by atoms with Gasteiger partial charge in [0.25, 0.3) is 5.91 Å². The van der Waals surface area contributed by atoms with Gasteiger partial charge in [-0.2, -0.15) is 4.31 Å². The number of hydrogen-bond donors (Lipinski definition) is 0. The minimum Gasteiger partial charge on any atom is -0.419 e. The van der Waals surface area contributed by atoms with Crippen molar-refractivity contribution in [2.24, 2.45) is 0 Å². The third-order valence-electron chi connectivity index (χ3n) is 5.54. The molecule has 1 amide bonds. The number of halogens is 1. The third-order valence-corrected chi connectivity index (χ3v) is 7.77. The fourth-order valence-corrected chi connectivity index (χ4v) is 5.51. The molecule has 0 N–H and O–H groups in total. The maximum atomic E-state index is 13.3. The van der Waals surface area contributed by atoms with E-state index in [0.29, 0.717) is 23.7 Å². The minimum absolute atomic E-state index is 0.0804. The Hall–Kier alpha value is -2.75. The normalized spacial score (nSPS) is 14.7. The first-order valence-electron chi connectivity index (χ1n) is 10.8. The van der Waals surface area contributed by atoms with Crippen molar-refractivity contribution in [3.05, 3.63) is 65.0 Å². The van der Waals surface area contributed by atoms with E-state index in [-0.39, 0.29) is 40.7 Å². The number of nitrogens with zero attached hydrogens (tertiary/aromatic N) is 4. The van der Waals surface area contributed by atoms with E-state index in [1.807, 2.05) is 19.9 Å². The molecule has 0 saturated carbocycles. The van der Waals surface area contributed by atoms with Crippen molar-refractivity contribution in [2.75, 3.05) is 13.1 Å². The Balaban J connectivity index is 1.57. The quantitative estimate of drug-likeness (QED) is 0.494. The molecule has 1 aliphatic heterocycles. The first-order valence-corrected chi connectivity index (χ1v) is 12.6. The van der Waals surface area contributed by atoms with Gasteiger partial charge in [0.05, 0.1) is 22.0 Å². The summed E-state index contributed by atoms with van der Waals surface area (Å²) in [4.78, 5) is 15.0. The van der Waals surface area contributed by atoms with Gasteiger partial charge in [-0.1, -0.05) is 29.8 Å². The van der Waals surface area contributed by atoms with E-state index in [9.17, 15) is 13.2 Å². The Morgan fingerprint density at radius 3 is 2.55 bits per heavy atom. The van der Waals surface area contributed by atoms with Crippen molar-refractivity contribution in [1.82, 2.24) is 19.4 Å². The molecule has 4 rings (SSSR count). The molecule has 8 nitrogen and oxygen atoms in total. The minimum atomic E-state index is -3.62. The van der Waals surface area contributed by atoms with Crippen molar-refractivity contribution in [3.8, 4) is 11.5 Å². The maximum Gasteiger partial charge on any atom is 0.254 e. The summed E-state index contributed by atoms with van der Waals surface area (Å²) >= 11 is 6.21. The highest BCUT2D eigenvalue weighted by molar-refractivity contribution is 7.89. The summed E-state index contributed by atoms with van der Waals surface area (Å²) in [5, 5.41) is 8.61. The van der Waals surface area contributed by atoms with E-state index in [2.05, 4.69) is 10.2 Å². The molecule has 3 aromatic rings. The summed E-state index contributed by atoms with van der Waals surface area (Å²) in [6, 6.07) is 13.1. The SMILES string of the molecule is CC(C)N(Cc1nnc(-c2ccccc2Cl)o1)C(=O)c1cccc(S(=O)(=O)N2CCCC2)c1. The second-order valence-corrected chi connectivity index (χ2v) is 10.5. The van der Waals surface area contributed by atoms with Crippen LogP contribution in [0.3, 0.4) is 0 Å². The van der Waals surface area contributed by atoms with Gasteiger partial charge in [-0.3, -0.25) is 4.79 Å². The van der Waals surface area contributed by atoms with Gasteiger partial charge in [-0.05, 0) is 57.0 Å². The molecule has 0 atom stereocenters. The first kappa shape index (κ1) is 23.4. The third kappa shape index (κ3) is 4.95. The van der Waals surface area contributed by atoms with Gasteiger partial charge in [0.1, 0.15) is 0 Å². The molecule has 0 unspecified atom stereocenters. The van der Waals surface area contributed by atoms with Crippen molar-refractivity contribution in [3.63, 3.8) is 0 Å². The smallest absolute Gasteiger partial charge is 0.254 e. The number of aromatic nitrogens is 2. The van der Waals surface area contributed by atoms with Crippen molar-refractivity contribution in [2.45, 2.75) is 44.2 Å². The summed E-state index contributed by atoms with van der Waals surface area (Å²) in [7, 11) is -3.62. The van der Waals surface area contributed by atoms with Crippen LogP contribution in [0.2, 0.25) is 5.02 Å². The second kappa shape index (κ2) is 9.62. The average Bonchev–Trinajstić information content (AvgIpc) is 3.50. The Morgan fingerprint density at radius 1 is 1.12 bits per heavy atom. The molecular weight excluding hydrogens is 464 g/mol. The molecule has 0 radical (unpaired) electrons. The van der Waals surface area contributed by atoms with Crippen molar-refractivity contribution < 1.29 is 17.6 Å². The van der Waals surface area contributed by atoms with E-state index in [4.69, 9.17) is 16.0 Å². The molecule has 0 bridgehead atoms. The summed E-state index contributed by atoms with van der Waals surface area (Å²) < 4.78 is 33.1. The lowest BCUT2D eigenvalue weighted by molar-refractivity contribution is 0.0672. The summed E-state index contributed by atoms with van der Waals surface area (Å²) in [6.45, 7) is 4.83. The van der Waals surface area contributed by atoms with Crippen molar-refractivity contribution >= 4 is 27.5 Å². The van der Waals surface area contributed by atoms with Crippen LogP contribution in [0.15, 0.2) is 57.8 Å². The zero-order valence-corrected chi connectivity index (χ0v) is 20.0. The Bertz CT molecular complexity index is 1250. The van der Waals surface area contributed by atoms with Crippen LogP contribution in [0.4, 0.5) is 0 Å². The predicted molar refractivity (Wildman–Crippen MR) is 124 cm³/mol. The maximum absolute atomic E-state index is 13.3. The fourth-order valence-electron chi connectivity index (χ4n) is 3.73. The van der Waals surface area contributed by atoms with Gasteiger partial charge in [0.15, 0.2) is 0 Å². The number of benzene rings is 2. The largest absolute Gasteiger partial charge is 0.419 e. The molecule has 1 fully saturated rings. The van der Waals surface area contributed by atoms with E-state index in [1.54, 1.807) is 35.2 Å². The van der Waals surface area contributed by atoms with Gasteiger partial charge in [-0.15, -0.1) is 10.2 Å². The van der Waals surface area contributed by atoms with Gasteiger partial charge >= 0.3 is 0 Å². The standard InChI is InChI=1S/C23H25ClN4O4S/c1-16(2)28(15-21-25-26-22(32-21)19-10-3-4-11-20(19)24)23(29)17-8-7-9-18(14-17)33(30,31)27-12-5-6-13-27/h3-4,7-11,14,16H,5-6,12-13,15H2,1-2H3. The summed E-state index contributed by atoms with van der Waals surface area (Å²) in [5.41, 5.74) is 0.898. The highest BCUT2D eigenvalue weighted by atomic mass is 35.5. The molecule has 1 aromatic heterocycles. The Kier molecular flexibility index (Phi) is 6.83. The molecule has 174 valence electrons. The Labute approximate surface area is 198 Å². The van der Waals surface area contributed by atoms with Crippen LogP contribution < -0.4 is 0 Å². The lowest BCUT2D eigenvalue weighted by atomic mass is 10.1. The zero-order chi connectivity index (χ0) is 23.6. The number of hydrogen-bond acceptors (Lipinski definition) is 6. The second-order valence-electron chi connectivity index (χ2n) is 8.15. The van der Waals surface area contributed by atoms with E-state index in [1.165, 1.54) is 16.4 Å². The molecule has 2 aromatic carbocycles. The molecular formula is C23H25ClN4O4S. The number of rotatable bonds is 7. The molecule has 1 saturated heterocycles. The molecule has 0 aliphatic carbocycles. The molecule has 1 aliphatic rings. The number of carbonyl (C=O) groups excluding carboxylic acids is 1. The highest BCUT2D eigenvalue weighted by Gasteiger charge is 2.29. The van der Waals surface area contributed by atoms with Crippen LogP contribution in [0, 0.1) is 0 Å². The lowest BCUT2D eigenvalue weighted by Gasteiger charge is -2.25. The highest BCUT2D eigenvalue weighted by Crippen LogP contribution is 2.27. The van der Waals surface area contributed by atoms with Crippen LogP contribution in [-0.4, -0.2) is 52.9 Å². The van der Waals surface area contributed by atoms with Gasteiger partial charge < -0.3 is 9.32 Å². The number of amides is 1. The number of sulfonamides is 1. The predicted octanol–water partition coefficient (Wildman–Crippen LogP) is 4.23. The average molecular weight is 489 g/mol. The monoisotopic (exact) mass is 488 g/mol. The van der Waals surface area contributed by atoms with Gasteiger partial charge in [0, 0.05) is 24.7 Å². The van der Waals surface area contributed by atoms with Crippen molar-refractivity contribution in [1.29, 1.82) is 0 Å². The zero-order valence-electron chi connectivity index (χ0n) is 18.4. The number of carbonyl (C=O) groups is 1. The topological polar surface area (TPSA) is 96.6 Å².